The number of ether oxygens (including phenoxy) is 2. The molecule has 0 amide bonds. The Kier molecular flexibility index (Phi) is 8.70. The number of carbonyl (C=O) groups excluding carboxylic acids is 1. The third-order valence-corrected chi connectivity index (χ3v) is 6.14. The van der Waals surface area contributed by atoms with Gasteiger partial charge in [-0.25, -0.2) is 8.42 Å². The summed E-state index contributed by atoms with van der Waals surface area (Å²) >= 11 is 0. The van der Waals surface area contributed by atoms with Crippen LogP contribution in [-0.4, -0.2) is 20.5 Å². The van der Waals surface area contributed by atoms with E-state index in [1.807, 2.05) is 13.8 Å². The molecule has 0 bridgehead atoms. The van der Waals surface area contributed by atoms with Crippen molar-refractivity contribution in [3.63, 3.8) is 0 Å². The number of unbranched alkanes of at least 4 members (excludes halogenated alkanes) is 4. The van der Waals surface area contributed by atoms with Gasteiger partial charge in [0.1, 0.15) is 11.5 Å². The van der Waals surface area contributed by atoms with Crippen LogP contribution in [0.1, 0.15) is 59.3 Å². The van der Waals surface area contributed by atoms with Crippen molar-refractivity contribution in [1.82, 2.24) is 0 Å². The van der Waals surface area contributed by atoms with Gasteiger partial charge in [-0.3, -0.25) is 4.79 Å². The first kappa shape index (κ1) is 22.9. The van der Waals surface area contributed by atoms with E-state index in [4.69, 9.17) is 9.47 Å². The predicted octanol–water partition coefficient (Wildman–Crippen LogP) is 5.57. The third-order valence-electron chi connectivity index (χ3n) is 4.36. The van der Waals surface area contributed by atoms with Crippen molar-refractivity contribution in [2.45, 2.75) is 75.2 Å². The van der Waals surface area contributed by atoms with Gasteiger partial charge in [0, 0.05) is 6.42 Å². The molecule has 0 fully saturated rings. The summed E-state index contributed by atoms with van der Waals surface area (Å²) in [5.74, 6) is 0.678. The van der Waals surface area contributed by atoms with Crippen LogP contribution >= 0.6 is 0 Å². The van der Waals surface area contributed by atoms with Gasteiger partial charge in [-0.1, -0.05) is 32.6 Å². The van der Waals surface area contributed by atoms with E-state index in [-0.39, 0.29) is 21.9 Å². The average molecular weight is 419 g/mol. The first-order valence-corrected chi connectivity index (χ1v) is 11.6. The Hall–Kier alpha value is -2.34. The lowest BCUT2D eigenvalue weighted by atomic mass is 10.1. The van der Waals surface area contributed by atoms with E-state index in [1.54, 1.807) is 12.1 Å². The van der Waals surface area contributed by atoms with Crippen LogP contribution in [0.3, 0.4) is 0 Å². The van der Waals surface area contributed by atoms with Crippen LogP contribution in [-0.2, 0) is 14.6 Å². The highest BCUT2D eigenvalue weighted by molar-refractivity contribution is 7.91. The Morgan fingerprint density at radius 2 is 1.34 bits per heavy atom. The zero-order chi connectivity index (χ0) is 21.3. The van der Waals surface area contributed by atoms with Crippen LogP contribution in [0.5, 0.6) is 11.5 Å². The molecule has 0 aromatic heterocycles. The van der Waals surface area contributed by atoms with E-state index in [0.29, 0.717) is 17.9 Å². The number of benzene rings is 2. The molecule has 0 aliphatic heterocycles. The van der Waals surface area contributed by atoms with Gasteiger partial charge in [0.05, 0.1) is 15.9 Å². The third kappa shape index (κ3) is 7.20. The smallest absolute Gasteiger partial charge is 0.311 e. The molecule has 29 heavy (non-hydrogen) atoms. The molecule has 2 aromatic rings. The van der Waals surface area contributed by atoms with Gasteiger partial charge in [0.15, 0.2) is 0 Å². The standard InChI is InChI=1S/C23H30O5S/c1-4-5-6-7-8-9-23(24)28-20-12-16-22(17-13-20)29(25,26)21-14-10-19(11-15-21)27-18(2)3/h10-18H,4-9H2,1-3H3. The van der Waals surface area contributed by atoms with Crippen LogP contribution < -0.4 is 9.47 Å². The maximum absolute atomic E-state index is 12.8. The summed E-state index contributed by atoms with van der Waals surface area (Å²) < 4.78 is 36.4. The SMILES string of the molecule is CCCCCCCC(=O)Oc1ccc(S(=O)(=O)c2ccc(OC(C)C)cc2)cc1. The lowest BCUT2D eigenvalue weighted by Gasteiger charge is -2.11. The van der Waals surface area contributed by atoms with Crippen molar-refractivity contribution in [3.05, 3.63) is 48.5 Å². The molecule has 0 radical (unpaired) electrons. The van der Waals surface area contributed by atoms with Gasteiger partial charge in [-0.05, 0) is 68.8 Å². The molecule has 0 aliphatic rings. The fourth-order valence-corrected chi connectivity index (χ4v) is 4.11. The second-order valence-corrected chi connectivity index (χ2v) is 9.20. The van der Waals surface area contributed by atoms with E-state index in [9.17, 15) is 13.2 Å². The van der Waals surface area contributed by atoms with E-state index >= 15 is 0 Å². The van der Waals surface area contributed by atoms with Crippen LogP contribution in [0.15, 0.2) is 58.3 Å². The maximum atomic E-state index is 12.8. The summed E-state index contributed by atoms with van der Waals surface area (Å²) in [7, 11) is -3.65. The summed E-state index contributed by atoms with van der Waals surface area (Å²) in [5.41, 5.74) is 0. The molecule has 0 spiro atoms. The van der Waals surface area contributed by atoms with E-state index in [0.717, 1.165) is 25.7 Å². The zero-order valence-electron chi connectivity index (χ0n) is 17.4. The van der Waals surface area contributed by atoms with Gasteiger partial charge in [-0.2, -0.15) is 0 Å². The topological polar surface area (TPSA) is 69.7 Å². The van der Waals surface area contributed by atoms with Crippen molar-refractivity contribution in [1.29, 1.82) is 0 Å². The normalized spacial score (nSPS) is 11.4. The molecule has 0 saturated heterocycles. The van der Waals surface area contributed by atoms with Crippen molar-refractivity contribution in [2.75, 3.05) is 0 Å². The van der Waals surface area contributed by atoms with Crippen LogP contribution in [0.4, 0.5) is 0 Å². The number of hydrogen-bond acceptors (Lipinski definition) is 5. The predicted molar refractivity (Wildman–Crippen MR) is 113 cm³/mol. The second-order valence-electron chi connectivity index (χ2n) is 7.25. The molecular weight excluding hydrogens is 388 g/mol. The van der Waals surface area contributed by atoms with Crippen molar-refractivity contribution < 1.29 is 22.7 Å². The van der Waals surface area contributed by atoms with Gasteiger partial charge in [0.25, 0.3) is 0 Å². The quantitative estimate of drug-likeness (QED) is 0.271. The summed E-state index contributed by atoms with van der Waals surface area (Å²) in [6.45, 7) is 5.96. The summed E-state index contributed by atoms with van der Waals surface area (Å²) in [4.78, 5) is 12.2. The van der Waals surface area contributed by atoms with Crippen LogP contribution in [0, 0.1) is 0 Å². The molecule has 2 rings (SSSR count). The molecule has 0 N–H and O–H groups in total. The highest BCUT2D eigenvalue weighted by Gasteiger charge is 2.18. The number of carbonyl (C=O) groups is 1. The van der Waals surface area contributed by atoms with Crippen molar-refractivity contribution in [3.8, 4) is 11.5 Å². The monoisotopic (exact) mass is 418 g/mol. The minimum Gasteiger partial charge on any atom is -0.491 e. The fourth-order valence-electron chi connectivity index (χ4n) is 2.85. The van der Waals surface area contributed by atoms with Gasteiger partial charge in [-0.15, -0.1) is 0 Å². The Morgan fingerprint density at radius 1 is 0.828 bits per heavy atom. The maximum Gasteiger partial charge on any atom is 0.311 e. The summed E-state index contributed by atoms with van der Waals surface area (Å²) in [6, 6.07) is 12.3. The van der Waals surface area contributed by atoms with Crippen LogP contribution in [0.2, 0.25) is 0 Å². The lowest BCUT2D eigenvalue weighted by Crippen LogP contribution is -2.08. The molecule has 0 saturated carbocycles. The molecule has 0 unspecified atom stereocenters. The Labute approximate surface area is 174 Å². The molecule has 0 heterocycles. The minimum atomic E-state index is -3.65. The van der Waals surface area contributed by atoms with Crippen molar-refractivity contribution >= 4 is 15.8 Å². The molecule has 2 aromatic carbocycles. The van der Waals surface area contributed by atoms with Gasteiger partial charge in [0.2, 0.25) is 9.84 Å². The molecular formula is C23H30O5S. The highest BCUT2D eigenvalue weighted by atomic mass is 32.2. The molecule has 0 atom stereocenters. The highest BCUT2D eigenvalue weighted by Crippen LogP contribution is 2.25. The number of hydrogen-bond donors (Lipinski definition) is 0. The minimum absolute atomic E-state index is 0.0176. The Morgan fingerprint density at radius 3 is 1.86 bits per heavy atom. The van der Waals surface area contributed by atoms with Crippen LogP contribution in [0.25, 0.3) is 0 Å². The Bertz CT molecular complexity index is 868. The first-order chi connectivity index (χ1) is 13.8. The average Bonchev–Trinajstić information content (AvgIpc) is 2.68. The lowest BCUT2D eigenvalue weighted by molar-refractivity contribution is -0.134. The fraction of sp³-hybridized carbons (Fsp3) is 0.435. The molecule has 6 heteroatoms. The van der Waals surface area contributed by atoms with E-state index in [2.05, 4.69) is 6.92 Å². The van der Waals surface area contributed by atoms with E-state index < -0.39 is 9.84 Å². The number of rotatable bonds is 11. The van der Waals surface area contributed by atoms with E-state index in [1.165, 1.54) is 42.8 Å². The molecule has 158 valence electrons. The van der Waals surface area contributed by atoms with Gasteiger partial charge < -0.3 is 9.47 Å². The second kappa shape index (κ2) is 11.0. The van der Waals surface area contributed by atoms with Crippen molar-refractivity contribution in [2.24, 2.45) is 0 Å². The first-order valence-electron chi connectivity index (χ1n) is 10.2. The number of esters is 1. The Balaban J connectivity index is 1.97. The number of sulfone groups is 1. The zero-order valence-corrected chi connectivity index (χ0v) is 18.2. The largest absolute Gasteiger partial charge is 0.491 e. The molecule has 0 aliphatic carbocycles. The summed E-state index contributed by atoms with van der Waals surface area (Å²) in [5, 5.41) is 0. The molecule has 5 nitrogen and oxygen atoms in total. The van der Waals surface area contributed by atoms with Gasteiger partial charge >= 0.3 is 5.97 Å². The summed E-state index contributed by atoms with van der Waals surface area (Å²) in [6.07, 6.45) is 5.68.